The molecule has 0 saturated heterocycles. The molecule has 51 heavy (non-hydrogen) atoms. The third-order valence-corrected chi connectivity index (χ3v) is 11.5. The predicted octanol–water partition coefficient (Wildman–Crippen LogP) is 10.4. The fourth-order valence-corrected chi connectivity index (χ4v) is 9.26. The van der Waals surface area contributed by atoms with E-state index in [1.807, 2.05) is 42.5 Å². The van der Waals surface area contributed by atoms with Gasteiger partial charge in [0.05, 0.1) is 51.9 Å². The van der Waals surface area contributed by atoms with E-state index in [0.29, 0.717) is 17.0 Å². The van der Waals surface area contributed by atoms with E-state index >= 15 is 0 Å². The maximum atomic E-state index is 10.7. The van der Waals surface area contributed by atoms with Crippen LogP contribution >= 0.6 is 0 Å². The van der Waals surface area contributed by atoms with E-state index < -0.39 is 0 Å². The molecule has 1 aromatic heterocycles. The molecule has 1 aliphatic heterocycles. The number of nitriles is 3. The van der Waals surface area contributed by atoms with E-state index in [4.69, 9.17) is 0 Å². The molecule has 0 radical (unpaired) electrons. The van der Waals surface area contributed by atoms with Crippen molar-refractivity contribution in [3.8, 4) is 35.0 Å². The van der Waals surface area contributed by atoms with Gasteiger partial charge in [-0.2, -0.15) is 15.8 Å². The minimum atomic E-state index is -0.0791. The molecule has 0 bridgehead atoms. The summed E-state index contributed by atoms with van der Waals surface area (Å²) in [4.78, 5) is 2.53. The van der Waals surface area contributed by atoms with E-state index in [1.165, 1.54) is 17.0 Å². The average Bonchev–Trinajstić information content (AvgIpc) is 3.70. The number of hydrogen-bond acceptors (Lipinski definition) is 4. The van der Waals surface area contributed by atoms with Gasteiger partial charge in [-0.05, 0) is 72.4 Å². The molecular weight excluding hydrogens is 623 g/mol. The van der Waals surface area contributed by atoms with Crippen molar-refractivity contribution < 1.29 is 0 Å². The van der Waals surface area contributed by atoms with E-state index in [0.717, 1.165) is 63.4 Å². The number of aromatic nitrogens is 1. The highest BCUT2D eigenvalue weighted by Crippen LogP contribution is 2.51. The second kappa shape index (κ2) is 12.2. The predicted molar refractivity (Wildman–Crippen MR) is 202 cm³/mol. The Balaban J connectivity index is 1.20. The summed E-state index contributed by atoms with van der Waals surface area (Å²) in [5.74, 6) is 0.330. The van der Waals surface area contributed by atoms with Crippen LogP contribution in [0.25, 0.3) is 38.6 Å². The Morgan fingerprint density at radius 3 is 2.39 bits per heavy atom. The van der Waals surface area contributed by atoms with E-state index in [9.17, 15) is 15.8 Å². The molecule has 9 rings (SSSR count). The summed E-state index contributed by atoms with van der Waals surface area (Å²) in [6.07, 6.45) is 18.6. The number of allylic oxidation sites excluding steroid dienone is 7. The van der Waals surface area contributed by atoms with Gasteiger partial charge in [0.1, 0.15) is 6.07 Å². The van der Waals surface area contributed by atoms with Gasteiger partial charge in [0.2, 0.25) is 0 Å². The van der Waals surface area contributed by atoms with Gasteiger partial charge < -0.3 is 9.47 Å². The topological polar surface area (TPSA) is 79.5 Å². The third-order valence-electron chi connectivity index (χ3n) is 11.5. The van der Waals surface area contributed by atoms with Crippen LogP contribution in [0.3, 0.4) is 0 Å². The highest BCUT2D eigenvalue weighted by Gasteiger charge is 2.44. The lowest BCUT2D eigenvalue weighted by Gasteiger charge is -2.39. The SMILES string of the molecule is CC1C(N2C3=C(CC(C#N)C=C3)C3CCC=CC32)=CC=CC1c1c(C#N)cccc1-c1ccccc1-n1c2ccccc2c2cccc(C#N)c21. The van der Waals surface area contributed by atoms with Crippen LogP contribution in [0.4, 0.5) is 0 Å². The molecule has 4 aliphatic rings. The van der Waals surface area contributed by atoms with Crippen molar-refractivity contribution >= 4 is 21.8 Å². The first kappa shape index (κ1) is 30.7. The van der Waals surface area contributed by atoms with Crippen molar-refractivity contribution in [2.45, 2.75) is 38.1 Å². The third kappa shape index (κ3) is 4.65. The van der Waals surface area contributed by atoms with Gasteiger partial charge in [-0.15, -0.1) is 0 Å². The molecule has 4 aromatic carbocycles. The van der Waals surface area contributed by atoms with Gasteiger partial charge in [0.25, 0.3) is 0 Å². The molecule has 5 atom stereocenters. The summed E-state index contributed by atoms with van der Waals surface area (Å²) in [6.45, 7) is 2.29. The summed E-state index contributed by atoms with van der Waals surface area (Å²) in [7, 11) is 0. The zero-order valence-electron chi connectivity index (χ0n) is 28.4. The maximum absolute atomic E-state index is 10.7. The fraction of sp³-hybridized carbons (Fsp3) is 0.196. The number of rotatable bonds is 4. The van der Waals surface area contributed by atoms with Crippen molar-refractivity contribution in [3.63, 3.8) is 0 Å². The summed E-state index contributed by atoms with van der Waals surface area (Å²) in [5.41, 5.74) is 11.1. The van der Waals surface area contributed by atoms with Gasteiger partial charge >= 0.3 is 0 Å². The molecule has 0 N–H and O–H groups in total. The van der Waals surface area contributed by atoms with Gasteiger partial charge in [-0.3, -0.25) is 0 Å². The number of nitrogens with zero attached hydrogens (tertiary/aromatic N) is 5. The Bertz CT molecular complexity index is 2550. The molecule has 3 aliphatic carbocycles. The maximum Gasteiger partial charge on any atom is 0.101 e. The van der Waals surface area contributed by atoms with E-state index in [2.05, 4.69) is 120 Å². The summed E-state index contributed by atoms with van der Waals surface area (Å²) >= 11 is 0. The second-order valence-electron chi connectivity index (χ2n) is 14.0. The van der Waals surface area contributed by atoms with E-state index in [1.54, 1.807) is 0 Å². The van der Waals surface area contributed by atoms with Crippen molar-refractivity contribution in [1.29, 1.82) is 15.8 Å². The van der Waals surface area contributed by atoms with Crippen LogP contribution in [0.15, 0.2) is 144 Å². The number of benzene rings is 4. The molecule has 244 valence electrons. The van der Waals surface area contributed by atoms with Crippen LogP contribution in [0.2, 0.25) is 0 Å². The standard InChI is InChI=1S/C46H35N5/c1-29-33(16-10-22-40(29)50-41-19-5-4-15-36(41)39-25-30(26-47)23-24-44(39)50)45-31(27-48)11-8-17-37(45)34-13-2-6-20-42(34)51-43-21-7-3-14-35(43)38-18-9-12-32(28-49)46(38)51/h2-3,5-14,16-24,29-30,33,36,41H,4,15,25H2,1H3. The molecule has 0 spiro atoms. The lowest BCUT2D eigenvalue weighted by Crippen LogP contribution is -2.36. The Hall–Kier alpha value is -6.35. The van der Waals surface area contributed by atoms with Crippen molar-refractivity contribution in [1.82, 2.24) is 9.47 Å². The molecule has 5 heteroatoms. The smallest absolute Gasteiger partial charge is 0.101 e. The summed E-state index contributed by atoms with van der Waals surface area (Å²) in [6, 6.07) is 36.4. The molecular formula is C46H35N5. The first-order valence-electron chi connectivity index (χ1n) is 17.8. The first-order valence-corrected chi connectivity index (χ1v) is 17.8. The Morgan fingerprint density at radius 1 is 0.765 bits per heavy atom. The largest absolute Gasteiger partial charge is 0.337 e. The molecule has 5 unspecified atom stereocenters. The van der Waals surface area contributed by atoms with Crippen LogP contribution in [0.1, 0.15) is 48.8 Å². The minimum Gasteiger partial charge on any atom is -0.337 e. The van der Waals surface area contributed by atoms with Crippen LogP contribution in [0.5, 0.6) is 0 Å². The molecule has 2 heterocycles. The second-order valence-corrected chi connectivity index (χ2v) is 14.0. The van der Waals surface area contributed by atoms with Gasteiger partial charge in [0, 0.05) is 45.5 Å². The Labute approximate surface area is 298 Å². The van der Waals surface area contributed by atoms with E-state index in [-0.39, 0.29) is 23.8 Å². The zero-order chi connectivity index (χ0) is 34.6. The van der Waals surface area contributed by atoms with Gasteiger partial charge in [-0.1, -0.05) is 98.0 Å². The quantitative estimate of drug-likeness (QED) is 0.180. The highest BCUT2D eigenvalue weighted by atomic mass is 15.2. The van der Waals surface area contributed by atoms with Crippen LogP contribution < -0.4 is 0 Å². The van der Waals surface area contributed by atoms with Gasteiger partial charge in [-0.25, -0.2) is 0 Å². The Morgan fingerprint density at radius 2 is 1.53 bits per heavy atom. The Kier molecular flexibility index (Phi) is 7.35. The monoisotopic (exact) mass is 657 g/mol. The molecule has 5 nitrogen and oxygen atoms in total. The lowest BCUT2D eigenvalue weighted by atomic mass is 9.76. The van der Waals surface area contributed by atoms with Crippen LogP contribution in [-0.2, 0) is 0 Å². The van der Waals surface area contributed by atoms with Crippen LogP contribution in [0, 0.1) is 51.7 Å². The normalized spacial score (nSPS) is 23.5. The van der Waals surface area contributed by atoms with Crippen molar-refractivity contribution in [2.24, 2.45) is 17.8 Å². The number of fused-ring (bicyclic) bond motifs is 5. The number of hydrogen-bond donors (Lipinski definition) is 0. The average molecular weight is 658 g/mol. The van der Waals surface area contributed by atoms with Crippen LogP contribution in [-0.4, -0.2) is 15.5 Å². The first-order chi connectivity index (χ1) is 25.1. The highest BCUT2D eigenvalue weighted by molar-refractivity contribution is 6.11. The zero-order valence-corrected chi connectivity index (χ0v) is 28.4. The summed E-state index contributed by atoms with van der Waals surface area (Å²) in [5, 5.41) is 32.8. The summed E-state index contributed by atoms with van der Waals surface area (Å²) < 4.78 is 2.23. The van der Waals surface area contributed by atoms with Crippen molar-refractivity contribution in [3.05, 3.63) is 161 Å². The molecule has 0 fully saturated rings. The fourth-order valence-electron chi connectivity index (χ4n) is 9.26. The minimum absolute atomic E-state index is 0.0631. The van der Waals surface area contributed by atoms with Gasteiger partial charge in [0.15, 0.2) is 0 Å². The molecule has 0 amide bonds. The number of para-hydroxylation sites is 3. The molecule has 0 saturated carbocycles. The van der Waals surface area contributed by atoms with Crippen molar-refractivity contribution in [2.75, 3.05) is 0 Å². The molecule has 5 aromatic rings. The lowest BCUT2D eigenvalue weighted by molar-refractivity contribution is 0.291.